The van der Waals surface area contributed by atoms with Gasteiger partial charge in [-0.2, -0.15) is 0 Å². The molecule has 0 amide bonds. The first-order chi connectivity index (χ1) is 17.3. The average molecular weight is 478 g/mol. The van der Waals surface area contributed by atoms with Crippen molar-refractivity contribution in [2.24, 2.45) is 0 Å². The van der Waals surface area contributed by atoms with Crippen molar-refractivity contribution >= 4 is 22.5 Å². The van der Waals surface area contributed by atoms with Crippen LogP contribution in [0.25, 0.3) is 11.0 Å². The van der Waals surface area contributed by atoms with Crippen molar-refractivity contribution in [1.29, 1.82) is 0 Å². The number of rotatable bonds is 7. The van der Waals surface area contributed by atoms with Gasteiger partial charge in [-0.1, -0.05) is 0 Å². The van der Waals surface area contributed by atoms with E-state index in [-0.39, 0.29) is 12.2 Å². The Bertz CT molecular complexity index is 1140. The van der Waals surface area contributed by atoms with Gasteiger partial charge in [-0.25, -0.2) is 15.0 Å². The SMILES string of the molecule is c1nc(N[C@H]2CC[C@@H](Oc3cc(N4CCOCC4)cc4nccnc34)CC2)cc(OC2CNC2)n1. The van der Waals surface area contributed by atoms with E-state index in [9.17, 15) is 0 Å². The average Bonchev–Trinajstić information content (AvgIpc) is 2.88. The Hall–Kier alpha value is -3.24. The predicted octanol–water partition coefficient (Wildman–Crippen LogP) is 2.41. The molecule has 10 nitrogen and oxygen atoms in total. The van der Waals surface area contributed by atoms with Crippen molar-refractivity contribution in [3.8, 4) is 11.6 Å². The quantitative estimate of drug-likeness (QED) is 0.527. The molecule has 1 saturated carbocycles. The third-order valence-corrected chi connectivity index (χ3v) is 6.89. The molecule has 0 spiro atoms. The number of fused-ring (bicyclic) bond motifs is 1. The lowest BCUT2D eigenvalue weighted by molar-refractivity contribution is 0.122. The second-order valence-electron chi connectivity index (χ2n) is 9.34. The molecule has 2 aromatic heterocycles. The normalized spacial score (nSPS) is 23.0. The van der Waals surface area contributed by atoms with Gasteiger partial charge in [-0.05, 0) is 31.7 Å². The van der Waals surface area contributed by atoms with Gasteiger partial charge in [0, 0.05) is 62.4 Å². The Morgan fingerprint density at radius 1 is 0.886 bits per heavy atom. The highest BCUT2D eigenvalue weighted by Gasteiger charge is 2.25. The fourth-order valence-corrected chi connectivity index (χ4v) is 4.84. The molecule has 1 aliphatic carbocycles. The van der Waals surface area contributed by atoms with E-state index in [1.165, 1.54) is 0 Å². The van der Waals surface area contributed by atoms with E-state index in [1.807, 2.05) is 6.07 Å². The summed E-state index contributed by atoms with van der Waals surface area (Å²) in [6.07, 6.45) is 9.30. The number of nitrogens with zero attached hydrogens (tertiary/aromatic N) is 5. The molecule has 0 radical (unpaired) electrons. The number of nitrogens with one attached hydrogen (secondary N) is 2. The first-order valence-corrected chi connectivity index (χ1v) is 12.5. The van der Waals surface area contributed by atoms with E-state index >= 15 is 0 Å². The molecule has 2 aliphatic heterocycles. The summed E-state index contributed by atoms with van der Waals surface area (Å²) in [5, 5.41) is 6.76. The molecule has 6 rings (SSSR count). The summed E-state index contributed by atoms with van der Waals surface area (Å²) in [6.45, 7) is 4.96. The number of hydrogen-bond acceptors (Lipinski definition) is 10. The Kier molecular flexibility index (Phi) is 6.46. The van der Waals surface area contributed by atoms with Gasteiger partial charge in [-0.15, -0.1) is 0 Å². The Labute approximate surface area is 204 Å². The van der Waals surface area contributed by atoms with Crippen molar-refractivity contribution in [2.75, 3.05) is 49.6 Å². The lowest BCUT2D eigenvalue weighted by atomic mass is 9.93. The summed E-state index contributed by atoms with van der Waals surface area (Å²) in [4.78, 5) is 20.1. The number of aromatic nitrogens is 4. The third-order valence-electron chi connectivity index (χ3n) is 6.89. The molecule has 1 aromatic carbocycles. The second-order valence-corrected chi connectivity index (χ2v) is 9.34. The lowest BCUT2D eigenvalue weighted by Crippen LogP contribution is -2.50. The van der Waals surface area contributed by atoms with E-state index < -0.39 is 0 Å². The topological polar surface area (TPSA) is 107 Å². The van der Waals surface area contributed by atoms with Gasteiger partial charge in [-0.3, -0.25) is 4.98 Å². The fourth-order valence-electron chi connectivity index (χ4n) is 4.84. The minimum atomic E-state index is 0.147. The van der Waals surface area contributed by atoms with Gasteiger partial charge in [0.2, 0.25) is 5.88 Å². The van der Waals surface area contributed by atoms with Gasteiger partial charge >= 0.3 is 0 Å². The molecule has 3 aromatic rings. The molecule has 10 heteroatoms. The van der Waals surface area contributed by atoms with E-state index in [1.54, 1.807) is 18.7 Å². The molecule has 3 fully saturated rings. The van der Waals surface area contributed by atoms with Crippen LogP contribution in [-0.4, -0.2) is 77.6 Å². The molecule has 0 bridgehead atoms. The molecular formula is C25H31N7O3. The Balaban J connectivity index is 1.09. The van der Waals surface area contributed by atoms with Crippen LogP contribution in [0.5, 0.6) is 11.6 Å². The van der Waals surface area contributed by atoms with E-state index in [0.717, 1.165) is 93.4 Å². The molecule has 4 heterocycles. The summed E-state index contributed by atoms with van der Waals surface area (Å²) in [7, 11) is 0. The minimum Gasteiger partial charge on any atom is -0.488 e. The number of morpholine rings is 1. The highest BCUT2D eigenvalue weighted by molar-refractivity contribution is 5.85. The van der Waals surface area contributed by atoms with Crippen molar-refractivity contribution < 1.29 is 14.2 Å². The van der Waals surface area contributed by atoms with Gasteiger partial charge < -0.3 is 29.7 Å². The van der Waals surface area contributed by atoms with Crippen molar-refractivity contribution in [3.05, 3.63) is 36.9 Å². The van der Waals surface area contributed by atoms with E-state index in [0.29, 0.717) is 11.9 Å². The molecule has 2 N–H and O–H groups in total. The molecular weight excluding hydrogens is 446 g/mol. The maximum Gasteiger partial charge on any atom is 0.218 e. The molecule has 3 aliphatic rings. The van der Waals surface area contributed by atoms with Crippen LogP contribution < -0.4 is 25.0 Å². The zero-order valence-corrected chi connectivity index (χ0v) is 19.7. The summed E-state index contributed by atoms with van der Waals surface area (Å²) in [5.41, 5.74) is 2.80. The van der Waals surface area contributed by atoms with Gasteiger partial charge in [0.05, 0.1) is 24.8 Å². The summed E-state index contributed by atoms with van der Waals surface area (Å²) in [5.74, 6) is 2.25. The van der Waals surface area contributed by atoms with Crippen molar-refractivity contribution in [3.63, 3.8) is 0 Å². The zero-order chi connectivity index (χ0) is 23.5. The highest BCUT2D eigenvalue weighted by Crippen LogP contribution is 2.33. The van der Waals surface area contributed by atoms with Crippen molar-refractivity contribution in [2.45, 2.75) is 43.9 Å². The summed E-state index contributed by atoms with van der Waals surface area (Å²) < 4.78 is 17.9. The second kappa shape index (κ2) is 10.2. The molecule has 2 saturated heterocycles. The maximum atomic E-state index is 6.54. The Morgan fingerprint density at radius 2 is 1.71 bits per heavy atom. The number of hydrogen-bond donors (Lipinski definition) is 2. The van der Waals surface area contributed by atoms with Crippen LogP contribution in [0, 0.1) is 0 Å². The zero-order valence-electron chi connectivity index (χ0n) is 19.7. The van der Waals surface area contributed by atoms with Crippen LogP contribution in [-0.2, 0) is 4.74 Å². The fraction of sp³-hybridized carbons (Fsp3) is 0.520. The molecule has 35 heavy (non-hydrogen) atoms. The van der Waals surface area contributed by atoms with Gasteiger partial charge in [0.15, 0.2) is 0 Å². The minimum absolute atomic E-state index is 0.147. The van der Waals surface area contributed by atoms with Crippen molar-refractivity contribution in [1.82, 2.24) is 25.3 Å². The van der Waals surface area contributed by atoms with Crippen LogP contribution in [0.3, 0.4) is 0 Å². The summed E-state index contributed by atoms with van der Waals surface area (Å²) >= 11 is 0. The largest absolute Gasteiger partial charge is 0.488 e. The van der Waals surface area contributed by atoms with Crippen LogP contribution in [0.2, 0.25) is 0 Å². The van der Waals surface area contributed by atoms with E-state index in [4.69, 9.17) is 14.2 Å². The molecule has 0 atom stereocenters. The third kappa shape index (κ3) is 5.23. The highest BCUT2D eigenvalue weighted by atomic mass is 16.5. The van der Waals surface area contributed by atoms with Gasteiger partial charge in [0.1, 0.15) is 29.5 Å². The Morgan fingerprint density at radius 3 is 2.51 bits per heavy atom. The van der Waals surface area contributed by atoms with E-state index in [2.05, 4.69) is 47.6 Å². The standard InChI is InChI=1S/C25H31N7O3/c1-3-19(4-2-17(1)31-23-13-24(30-16-29-23)35-20-14-26-15-20)34-22-12-18(32-7-9-33-10-8-32)11-21-25(22)28-6-5-27-21/h5-6,11-13,16-17,19-20,26H,1-4,7-10,14-15H2,(H,29,30,31)/t17-,19+. The van der Waals surface area contributed by atoms with Crippen LogP contribution in [0.1, 0.15) is 25.7 Å². The van der Waals surface area contributed by atoms with Gasteiger partial charge in [0.25, 0.3) is 0 Å². The number of ether oxygens (including phenoxy) is 3. The number of benzene rings is 1. The smallest absolute Gasteiger partial charge is 0.218 e. The van der Waals surface area contributed by atoms with Crippen LogP contribution in [0.4, 0.5) is 11.5 Å². The molecule has 0 unspecified atom stereocenters. The van der Waals surface area contributed by atoms with Crippen LogP contribution >= 0.6 is 0 Å². The molecule has 184 valence electrons. The monoisotopic (exact) mass is 477 g/mol. The number of anilines is 2. The first kappa shape index (κ1) is 22.2. The maximum absolute atomic E-state index is 6.54. The predicted molar refractivity (Wildman–Crippen MR) is 132 cm³/mol. The first-order valence-electron chi connectivity index (χ1n) is 12.5. The summed E-state index contributed by atoms with van der Waals surface area (Å²) in [6, 6.07) is 6.46. The van der Waals surface area contributed by atoms with Crippen LogP contribution in [0.15, 0.2) is 36.9 Å². The lowest BCUT2D eigenvalue weighted by Gasteiger charge is -2.31.